The molecule has 6 nitrogen and oxygen atoms in total. The summed E-state index contributed by atoms with van der Waals surface area (Å²) in [5.41, 5.74) is 0.801. The first-order valence-corrected chi connectivity index (χ1v) is 8.31. The van der Waals surface area contributed by atoms with Crippen molar-refractivity contribution in [2.24, 2.45) is 5.92 Å². The summed E-state index contributed by atoms with van der Waals surface area (Å²) < 4.78 is 0.948. The van der Waals surface area contributed by atoms with E-state index in [4.69, 9.17) is 0 Å². The molecule has 8 heteroatoms. The third kappa shape index (κ3) is 3.17. The summed E-state index contributed by atoms with van der Waals surface area (Å²) in [7, 11) is 0. The Bertz CT molecular complexity index is 716. The van der Waals surface area contributed by atoms with Crippen molar-refractivity contribution in [2.75, 3.05) is 16.8 Å². The van der Waals surface area contributed by atoms with Gasteiger partial charge in [-0.25, -0.2) is 0 Å². The smallest absolute Gasteiger partial charge is 0.231 e. The van der Waals surface area contributed by atoms with Gasteiger partial charge in [0, 0.05) is 23.1 Å². The van der Waals surface area contributed by atoms with Crippen molar-refractivity contribution in [1.29, 1.82) is 0 Å². The Morgan fingerprint density at radius 1 is 1.36 bits per heavy atom. The Kier molecular flexibility index (Phi) is 4.21. The van der Waals surface area contributed by atoms with Crippen molar-refractivity contribution < 1.29 is 9.59 Å². The first kappa shape index (κ1) is 15.1. The number of benzene rings is 1. The fraction of sp³-hybridized carbons (Fsp3) is 0.286. The van der Waals surface area contributed by atoms with Gasteiger partial charge < -0.3 is 10.2 Å². The van der Waals surface area contributed by atoms with Crippen molar-refractivity contribution >= 4 is 49.9 Å². The van der Waals surface area contributed by atoms with E-state index in [0.717, 1.165) is 15.2 Å². The molecule has 0 spiro atoms. The monoisotopic (exact) mass is 380 g/mol. The molecular weight excluding hydrogens is 368 g/mol. The van der Waals surface area contributed by atoms with Gasteiger partial charge in [0.1, 0.15) is 5.01 Å². The minimum atomic E-state index is -0.375. The molecular formula is C14H13BrN4O2S. The molecule has 0 unspecified atom stereocenters. The van der Waals surface area contributed by atoms with E-state index < -0.39 is 0 Å². The molecule has 1 aromatic heterocycles. The minimum Gasteiger partial charge on any atom is -0.312 e. The van der Waals surface area contributed by atoms with Crippen LogP contribution in [0.1, 0.15) is 11.4 Å². The number of rotatable bonds is 3. The molecule has 1 aliphatic heterocycles. The number of aromatic nitrogens is 2. The number of carbonyl (C=O) groups excluding carboxylic acids is 2. The molecule has 2 amide bonds. The quantitative estimate of drug-likeness (QED) is 0.887. The average Bonchev–Trinajstić information content (AvgIpc) is 3.06. The van der Waals surface area contributed by atoms with Gasteiger partial charge in [0.15, 0.2) is 0 Å². The summed E-state index contributed by atoms with van der Waals surface area (Å²) >= 11 is 4.68. The molecule has 1 aromatic carbocycles. The summed E-state index contributed by atoms with van der Waals surface area (Å²) in [6.07, 6.45) is 0.208. The third-order valence-corrected chi connectivity index (χ3v) is 4.67. The zero-order valence-electron chi connectivity index (χ0n) is 11.7. The van der Waals surface area contributed by atoms with E-state index >= 15 is 0 Å². The van der Waals surface area contributed by atoms with Crippen LogP contribution in [-0.2, 0) is 9.59 Å². The molecule has 0 aliphatic carbocycles. The Morgan fingerprint density at radius 3 is 2.73 bits per heavy atom. The van der Waals surface area contributed by atoms with Gasteiger partial charge in [0.25, 0.3) is 0 Å². The maximum atomic E-state index is 12.2. The van der Waals surface area contributed by atoms with Gasteiger partial charge in [-0.1, -0.05) is 27.3 Å². The number of aryl methyl sites for hydroxylation is 1. The number of hydrogen-bond acceptors (Lipinski definition) is 5. The number of amides is 2. The topological polar surface area (TPSA) is 75.2 Å². The maximum Gasteiger partial charge on any atom is 0.231 e. The lowest BCUT2D eigenvalue weighted by atomic mass is 10.1. The lowest BCUT2D eigenvalue weighted by molar-refractivity contribution is -0.122. The molecule has 2 aromatic rings. The van der Waals surface area contributed by atoms with Crippen LogP contribution in [0, 0.1) is 12.8 Å². The third-order valence-electron chi connectivity index (χ3n) is 3.39. The lowest BCUT2D eigenvalue weighted by Crippen LogP contribution is -2.28. The van der Waals surface area contributed by atoms with Crippen LogP contribution >= 0.6 is 27.3 Å². The molecule has 1 fully saturated rings. The SMILES string of the molecule is Cc1nnc(NC(=O)[C@@H]2CC(=O)N(c3ccc(Br)cc3)C2)s1. The highest BCUT2D eigenvalue weighted by Gasteiger charge is 2.35. The van der Waals surface area contributed by atoms with E-state index in [-0.39, 0.29) is 24.2 Å². The second-order valence-electron chi connectivity index (χ2n) is 5.00. The van der Waals surface area contributed by atoms with E-state index in [1.807, 2.05) is 31.2 Å². The van der Waals surface area contributed by atoms with E-state index in [1.165, 1.54) is 11.3 Å². The zero-order chi connectivity index (χ0) is 15.7. The molecule has 0 radical (unpaired) electrons. The van der Waals surface area contributed by atoms with E-state index in [0.29, 0.717) is 11.7 Å². The normalized spacial score (nSPS) is 17.8. The van der Waals surface area contributed by atoms with E-state index in [9.17, 15) is 9.59 Å². The van der Waals surface area contributed by atoms with Gasteiger partial charge in [0.2, 0.25) is 16.9 Å². The Balaban J connectivity index is 1.68. The molecule has 0 saturated carbocycles. The average molecular weight is 381 g/mol. The number of nitrogens with one attached hydrogen (secondary N) is 1. The van der Waals surface area contributed by atoms with Gasteiger partial charge >= 0.3 is 0 Å². The molecule has 1 atom stereocenters. The molecule has 2 heterocycles. The Hall–Kier alpha value is -1.80. The summed E-state index contributed by atoms with van der Waals surface area (Å²) in [6.45, 7) is 2.20. The van der Waals surface area contributed by atoms with Crippen molar-refractivity contribution in [3.8, 4) is 0 Å². The van der Waals surface area contributed by atoms with Gasteiger partial charge in [-0.2, -0.15) is 0 Å². The van der Waals surface area contributed by atoms with Crippen molar-refractivity contribution in [3.05, 3.63) is 33.7 Å². The van der Waals surface area contributed by atoms with Crippen molar-refractivity contribution in [2.45, 2.75) is 13.3 Å². The predicted octanol–water partition coefficient (Wildman–Crippen LogP) is 2.60. The second kappa shape index (κ2) is 6.13. The Morgan fingerprint density at radius 2 is 2.09 bits per heavy atom. The number of hydrogen-bond donors (Lipinski definition) is 1. The number of carbonyl (C=O) groups is 2. The van der Waals surface area contributed by atoms with Crippen LogP contribution in [-0.4, -0.2) is 28.6 Å². The molecule has 0 bridgehead atoms. The van der Waals surface area contributed by atoms with Crippen LogP contribution in [0.25, 0.3) is 0 Å². The first-order valence-electron chi connectivity index (χ1n) is 6.70. The van der Waals surface area contributed by atoms with Crippen LogP contribution in [0.2, 0.25) is 0 Å². The van der Waals surface area contributed by atoms with Gasteiger partial charge in [-0.15, -0.1) is 10.2 Å². The van der Waals surface area contributed by atoms with Crippen molar-refractivity contribution in [3.63, 3.8) is 0 Å². The summed E-state index contributed by atoms with van der Waals surface area (Å²) in [5.74, 6) is -0.611. The highest BCUT2D eigenvalue weighted by Crippen LogP contribution is 2.27. The highest BCUT2D eigenvalue weighted by molar-refractivity contribution is 9.10. The largest absolute Gasteiger partial charge is 0.312 e. The fourth-order valence-corrected chi connectivity index (χ4v) is 3.17. The van der Waals surface area contributed by atoms with Gasteiger partial charge in [0.05, 0.1) is 5.92 Å². The molecule has 1 saturated heterocycles. The summed E-state index contributed by atoms with van der Waals surface area (Å²) in [5, 5.41) is 11.7. The van der Waals surface area contributed by atoms with Gasteiger partial charge in [-0.05, 0) is 31.2 Å². The predicted molar refractivity (Wildman–Crippen MR) is 87.9 cm³/mol. The maximum absolute atomic E-state index is 12.2. The molecule has 1 N–H and O–H groups in total. The number of anilines is 2. The molecule has 22 heavy (non-hydrogen) atoms. The zero-order valence-corrected chi connectivity index (χ0v) is 14.1. The van der Waals surface area contributed by atoms with Crippen LogP contribution in [0.3, 0.4) is 0 Å². The molecule has 3 rings (SSSR count). The fourth-order valence-electron chi connectivity index (χ4n) is 2.31. The Labute approximate surface area is 139 Å². The van der Waals surface area contributed by atoms with E-state index in [1.54, 1.807) is 4.90 Å². The summed E-state index contributed by atoms with van der Waals surface area (Å²) in [4.78, 5) is 26.0. The molecule has 1 aliphatic rings. The van der Waals surface area contributed by atoms with Crippen molar-refractivity contribution in [1.82, 2.24) is 10.2 Å². The van der Waals surface area contributed by atoms with Crippen LogP contribution in [0.4, 0.5) is 10.8 Å². The molecule has 114 valence electrons. The lowest BCUT2D eigenvalue weighted by Gasteiger charge is -2.16. The summed E-state index contributed by atoms with van der Waals surface area (Å²) in [6, 6.07) is 7.47. The first-order chi connectivity index (χ1) is 10.5. The van der Waals surface area contributed by atoms with Crippen LogP contribution in [0.15, 0.2) is 28.7 Å². The number of nitrogens with zero attached hydrogens (tertiary/aromatic N) is 3. The van der Waals surface area contributed by atoms with Gasteiger partial charge in [-0.3, -0.25) is 9.59 Å². The number of halogens is 1. The van der Waals surface area contributed by atoms with E-state index in [2.05, 4.69) is 31.4 Å². The standard InChI is InChI=1S/C14H13BrN4O2S/c1-8-17-18-14(22-8)16-13(21)9-6-12(20)19(7-9)11-4-2-10(15)3-5-11/h2-5,9H,6-7H2,1H3,(H,16,18,21)/t9-/m1/s1. The van der Waals surface area contributed by atoms with Crippen LogP contribution in [0.5, 0.6) is 0 Å². The highest BCUT2D eigenvalue weighted by atomic mass is 79.9. The minimum absolute atomic E-state index is 0.0454. The van der Waals surface area contributed by atoms with Crippen LogP contribution < -0.4 is 10.2 Å². The second-order valence-corrected chi connectivity index (χ2v) is 7.09.